The molecule has 0 saturated heterocycles. The minimum absolute atomic E-state index is 0.134. The van der Waals surface area contributed by atoms with Crippen LogP contribution in [0.1, 0.15) is 28.8 Å². The second kappa shape index (κ2) is 8.27. The number of para-hydroxylation sites is 1. The van der Waals surface area contributed by atoms with E-state index in [0.29, 0.717) is 23.6 Å². The van der Waals surface area contributed by atoms with Gasteiger partial charge in [0.05, 0.1) is 32.0 Å². The number of aromatic nitrogens is 3. The molecule has 0 fully saturated rings. The predicted octanol–water partition coefficient (Wildman–Crippen LogP) is 2.50. The van der Waals surface area contributed by atoms with Gasteiger partial charge in [-0.25, -0.2) is 4.68 Å². The highest BCUT2D eigenvalue weighted by Gasteiger charge is 2.33. The molecule has 2 aromatic carbocycles. The topological polar surface area (TPSA) is 107 Å². The average molecular weight is 403 g/mol. The van der Waals surface area contributed by atoms with Crippen LogP contribution < -0.4 is 4.74 Å². The van der Waals surface area contributed by atoms with E-state index in [-0.39, 0.29) is 12.4 Å². The zero-order valence-corrected chi connectivity index (χ0v) is 16.4. The molecule has 8 heteroatoms. The quantitative estimate of drug-likeness (QED) is 0.651. The number of aliphatic hydroxyl groups is 1. The number of hydrogen-bond acceptors (Lipinski definition) is 7. The number of aromatic hydroxyl groups is 1. The van der Waals surface area contributed by atoms with Gasteiger partial charge < -0.3 is 19.8 Å². The first-order chi connectivity index (χ1) is 14.7. The lowest BCUT2D eigenvalue weighted by Crippen LogP contribution is -2.37. The van der Waals surface area contributed by atoms with Crippen molar-refractivity contribution in [2.45, 2.75) is 12.1 Å². The smallest absolute Gasteiger partial charge is 0.121 e. The van der Waals surface area contributed by atoms with E-state index in [0.717, 1.165) is 11.1 Å². The van der Waals surface area contributed by atoms with Crippen LogP contribution >= 0.6 is 0 Å². The monoisotopic (exact) mass is 403 g/mol. The lowest BCUT2D eigenvalue weighted by atomic mass is 9.88. The van der Waals surface area contributed by atoms with Crippen LogP contribution in [0.15, 0.2) is 60.6 Å². The maximum atomic E-state index is 10.6. The Balaban J connectivity index is 1.86. The van der Waals surface area contributed by atoms with Gasteiger partial charge in [-0.2, -0.15) is 5.26 Å². The van der Waals surface area contributed by atoms with E-state index in [9.17, 15) is 15.5 Å². The standard InChI is InChI=1S/C22H21N5O3/c1-30-18-6-7-19-15(11-18)10-16(12-23)26(13-17(14-28)27-9-8-24-25-27)22(19)20-4-2-3-5-21(20)29/h2-11,17,22,28-29H,13-14H2,1H3. The molecule has 30 heavy (non-hydrogen) atoms. The van der Waals surface area contributed by atoms with E-state index in [4.69, 9.17) is 4.74 Å². The van der Waals surface area contributed by atoms with Crippen molar-refractivity contribution in [2.24, 2.45) is 0 Å². The molecule has 1 aromatic heterocycles. The number of phenolic OH excluding ortho intramolecular Hbond substituents is 1. The van der Waals surface area contributed by atoms with Gasteiger partial charge in [-0.15, -0.1) is 5.10 Å². The Hall–Kier alpha value is -3.83. The molecule has 2 unspecified atom stereocenters. The van der Waals surface area contributed by atoms with Crippen LogP contribution in [0.2, 0.25) is 0 Å². The fourth-order valence-corrected chi connectivity index (χ4v) is 3.81. The van der Waals surface area contributed by atoms with Gasteiger partial charge in [0, 0.05) is 18.3 Å². The van der Waals surface area contributed by atoms with Gasteiger partial charge in [0.1, 0.15) is 23.3 Å². The second-order valence-electron chi connectivity index (χ2n) is 6.97. The van der Waals surface area contributed by atoms with Crippen LogP contribution in [-0.4, -0.2) is 50.4 Å². The number of fused-ring (bicyclic) bond motifs is 1. The molecule has 8 nitrogen and oxygen atoms in total. The highest BCUT2D eigenvalue weighted by Crippen LogP contribution is 2.43. The molecule has 0 amide bonds. The van der Waals surface area contributed by atoms with Crippen LogP contribution in [-0.2, 0) is 0 Å². The molecule has 2 atom stereocenters. The van der Waals surface area contributed by atoms with Crippen molar-refractivity contribution < 1.29 is 14.9 Å². The molecule has 1 aliphatic rings. The molecule has 0 saturated carbocycles. The SMILES string of the molecule is COc1ccc2c(c1)C=C(C#N)N(CC(CO)n1ccnn1)C2c1ccccc1O. The lowest BCUT2D eigenvalue weighted by molar-refractivity contribution is 0.163. The number of allylic oxidation sites excluding steroid dienone is 1. The van der Waals surface area contributed by atoms with Crippen molar-refractivity contribution in [3.8, 4) is 17.6 Å². The first-order valence-corrected chi connectivity index (χ1v) is 9.47. The van der Waals surface area contributed by atoms with E-state index in [1.54, 1.807) is 42.4 Å². The Morgan fingerprint density at radius 2 is 2.07 bits per heavy atom. The largest absolute Gasteiger partial charge is 0.508 e. The first kappa shape index (κ1) is 19.5. The van der Waals surface area contributed by atoms with Crippen molar-refractivity contribution in [1.29, 1.82) is 5.26 Å². The number of methoxy groups -OCH3 is 1. The molecular weight excluding hydrogens is 382 g/mol. The fourth-order valence-electron chi connectivity index (χ4n) is 3.81. The van der Waals surface area contributed by atoms with Gasteiger partial charge >= 0.3 is 0 Å². The molecule has 152 valence electrons. The van der Waals surface area contributed by atoms with Crippen LogP contribution in [0.4, 0.5) is 0 Å². The number of hydrogen-bond donors (Lipinski definition) is 2. The maximum Gasteiger partial charge on any atom is 0.121 e. The summed E-state index contributed by atoms with van der Waals surface area (Å²) < 4.78 is 6.91. The summed E-state index contributed by atoms with van der Waals surface area (Å²) in [5.41, 5.74) is 2.85. The van der Waals surface area contributed by atoms with Gasteiger partial charge in [0.25, 0.3) is 0 Å². The van der Waals surface area contributed by atoms with Crippen LogP contribution in [0.3, 0.4) is 0 Å². The first-order valence-electron chi connectivity index (χ1n) is 9.47. The zero-order chi connectivity index (χ0) is 21.1. The van der Waals surface area contributed by atoms with Gasteiger partial charge in [0.15, 0.2) is 0 Å². The van der Waals surface area contributed by atoms with Crippen LogP contribution in [0.25, 0.3) is 6.08 Å². The third-order valence-electron chi connectivity index (χ3n) is 5.28. The third-order valence-corrected chi connectivity index (χ3v) is 5.28. The summed E-state index contributed by atoms with van der Waals surface area (Å²) in [5.74, 6) is 0.817. The Morgan fingerprint density at radius 3 is 2.73 bits per heavy atom. The Bertz CT molecular complexity index is 1100. The van der Waals surface area contributed by atoms with Crippen molar-refractivity contribution in [3.63, 3.8) is 0 Å². The normalized spacial score (nSPS) is 16.4. The average Bonchev–Trinajstić information content (AvgIpc) is 3.31. The Kier molecular flexibility index (Phi) is 5.37. The van der Waals surface area contributed by atoms with E-state index in [1.165, 1.54) is 0 Å². The van der Waals surface area contributed by atoms with Gasteiger partial charge in [0.2, 0.25) is 0 Å². The highest BCUT2D eigenvalue weighted by molar-refractivity contribution is 5.67. The molecule has 0 aliphatic carbocycles. The van der Waals surface area contributed by atoms with E-state index >= 15 is 0 Å². The molecule has 2 heterocycles. The molecule has 0 radical (unpaired) electrons. The van der Waals surface area contributed by atoms with Crippen molar-refractivity contribution in [2.75, 3.05) is 20.3 Å². The number of aliphatic hydroxyl groups excluding tert-OH is 1. The van der Waals surface area contributed by atoms with E-state index < -0.39 is 12.1 Å². The number of rotatable bonds is 6. The number of ether oxygens (including phenoxy) is 1. The summed E-state index contributed by atoms with van der Waals surface area (Å²) in [6.07, 6.45) is 5.01. The summed E-state index contributed by atoms with van der Waals surface area (Å²) in [5, 5.41) is 38.3. The van der Waals surface area contributed by atoms with Crippen molar-refractivity contribution >= 4 is 6.08 Å². The Morgan fingerprint density at radius 1 is 1.23 bits per heavy atom. The van der Waals surface area contributed by atoms with Crippen LogP contribution in [0.5, 0.6) is 11.5 Å². The molecule has 1 aliphatic heterocycles. The number of phenols is 1. The second-order valence-corrected chi connectivity index (χ2v) is 6.97. The summed E-state index contributed by atoms with van der Waals surface area (Å²) in [6.45, 7) is 0.116. The van der Waals surface area contributed by atoms with Crippen molar-refractivity contribution in [3.05, 3.63) is 77.2 Å². The predicted molar refractivity (Wildman–Crippen MR) is 109 cm³/mol. The minimum atomic E-state index is -0.427. The maximum absolute atomic E-state index is 10.6. The third kappa shape index (κ3) is 3.47. The zero-order valence-electron chi connectivity index (χ0n) is 16.4. The number of benzene rings is 2. The van der Waals surface area contributed by atoms with E-state index in [2.05, 4.69) is 16.4 Å². The minimum Gasteiger partial charge on any atom is -0.508 e. The molecule has 4 rings (SSSR count). The van der Waals surface area contributed by atoms with Crippen LogP contribution in [0, 0.1) is 11.3 Å². The molecule has 0 spiro atoms. The summed E-state index contributed by atoms with van der Waals surface area (Å²) >= 11 is 0. The number of nitriles is 1. The molecule has 2 N–H and O–H groups in total. The Labute approximate surface area is 173 Å². The molecule has 3 aromatic rings. The lowest BCUT2D eigenvalue weighted by Gasteiger charge is -2.39. The molecule has 0 bridgehead atoms. The molecular formula is C22H21N5O3. The summed E-state index contributed by atoms with van der Waals surface area (Å²) in [4.78, 5) is 1.88. The number of nitrogens with zero attached hydrogens (tertiary/aromatic N) is 5. The van der Waals surface area contributed by atoms with Gasteiger partial charge in [-0.05, 0) is 35.4 Å². The highest BCUT2D eigenvalue weighted by atomic mass is 16.5. The van der Waals surface area contributed by atoms with Crippen molar-refractivity contribution in [1.82, 2.24) is 19.9 Å². The fraction of sp³-hybridized carbons (Fsp3) is 0.227. The van der Waals surface area contributed by atoms with E-state index in [1.807, 2.05) is 35.2 Å². The summed E-state index contributed by atoms with van der Waals surface area (Å²) in [7, 11) is 1.59. The van der Waals surface area contributed by atoms with Gasteiger partial charge in [-0.1, -0.05) is 29.5 Å². The van der Waals surface area contributed by atoms with Gasteiger partial charge in [-0.3, -0.25) is 0 Å². The summed E-state index contributed by atoms with van der Waals surface area (Å²) in [6, 6.07) is 14.2.